The maximum absolute atomic E-state index is 12.9. The SMILES string of the molecule is Cc1ccc2c(c1)CCCN2C(=O)c1cc2c(s1)CCC2. The average molecular weight is 297 g/mol. The lowest BCUT2D eigenvalue weighted by Gasteiger charge is -2.29. The Bertz CT molecular complexity index is 695. The van der Waals surface area contributed by atoms with Crippen LogP contribution >= 0.6 is 11.3 Å². The molecular weight excluding hydrogens is 278 g/mol. The van der Waals surface area contributed by atoms with Crippen LogP contribution in [0.2, 0.25) is 0 Å². The maximum Gasteiger partial charge on any atom is 0.268 e. The molecule has 0 fully saturated rings. The molecule has 1 amide bonds. The molecular formula is C18H19NOS. The summed E-state index contributed by atoms with van der Waals surface area (Å²) in [5.74, 6) is 0.194. The predicted molar refractivity (Wildman–Crippen MR) is 87.5 cm³/mol. The van der Waals surface area contributed by atoms with Crippen molar-refractivity contribution in [1.82, 2.24) is 0 Å². The molecule has 108 valence electrons. The van der Waals surface area contributed by atoms with Crippen LogP contribution in [-0.4, -0.2) is 12.5 Å². The first-order valence-corrected chi connectivity index (χ1v) is 8.57. The fourth-order valence-electron chi connectivity index (χ4n) is 3.50. The Balaban J connectivity index is 1.69. The summed E-state index contributed by atoms with van der Waals surface area (Å²) < 4.78 is 0. The molecule has 0 saturated heterocycles. The Kier molecular flexibility index (Phi) is 3.11. The molecule has 2 aromatic rings. The second kappa shape index (κ2) is 4.99. The zero-order valence-corrected chi connectivity index (χ0v) is 13.1. The Morgan fingerprint density at radius 2 is 1.95 bits per heavy atom. The van der Waals surface area contributed by atoms with Crippen LogP contribution in [0.25, 0.3) is 0 Å². The van der Waals surface area contributed by atoms with E-state index >= 15 is 0 Å². The third-order valence-electron chi connectivity index (χ3n) is 4.56. The number of aryl methyl sites for hydroxylation is 4. The van der Waals surface area contributed by atoms with Gasteiger partial charge in [-0.25, -0.2) is 0 Å². The number of rotatable bonds is 1. The van der Waals surface area contributed by atoms with Crippen LogP contribution in [0.4, 0.5) is 5.69 Å². The van der Waals surface area contributed by atoms with Crippen molar-refractivity contribution in [2.24, 2.45) is 0 Å². The van der Waals surface area contributed by atoms with Crippen molar-refractivity contribution < 1.29 is 4.79 Å². The van der Waals surface area contributed by atoms with Crippen LogP contribution in [0.1, 0.15) is 44.1 Å². The number of anilines is 1. The van der Waals surface area contributed by atoms with Gasteiger partial charge in [0.1, 0.15) is 0 Å². The first-order valence-electron chi connectivity index (χ1n) is 7.75. The monoisotopic (exact) mass is 297 g/mol. The first-order chi connectivity index (χ1) is 10.2. The van der Waals surface area contributed by atoms with Gasteiger partial charge in [-0.05, 0) is 62.3 Å². The molecule has 1 aliphatic heterocycles. The fourth-order valence-corrected chi connectivity index (χ4v) is 4.71. The van der Waals surface area contributed by atoms with Gasteiger partial charge in [0.15, 0.2) is 0 Å². The number of carbonyl (C=O) groups is 1. The quantitative estimate of drug-likeness (QED) is 0.774. The molecule has 2 nitrogen and oxygen atoms in total. The molecule has 21 heavy (non-hydrogen) atoms. The second-order valence-corrected chi connectivity index (χ2v) is 7.24. The van der Waals surface area contributed by atoms with Gasteiger partial charge in [-0.2, -0.15) is 0 Å². The van der Waals surface area contributed by atoms with Crippen LogP contribution in [0, 0.1) is 6.92 Å². The number of amides is 1. The van der Waals surface area contributed by atoms with E-state index in [0.717, 1.165) is 42.8 Å². The Morgan fingerprint density at radius 1 is 1.10 bits per heavy atom. The lowest BCUT2D eigenvalue weighted by Crippen LogP contribution is -2.35. The van der Waals surface area contributed by atoms with Crippen molar-refractivity contribution in [3.05, 3.63) is 50.7 Å². The highest BCUT2D eigenvalue weighted by atomic mass is 32.1. The normalized spacial score (nSPS) is 16.7. The van der Waals surface area contributed by atoms with Gasteiger partial charge in [0.2, 0.25) is 0 Å². The number of thiophene rings is 1. The number of nitrogens with zero attached hydrogens (tertiary/aromatic N) is 1. The van der Waals surface area contributed by atoms with E-state index in [-0.39, 0.29) is 5.91 Å². The summed E-state index contributed by atoms with van der Waals surface area (Å²) in [6.07, 6.45) is 5.70. The third-order valence-corrected chi connectivity index (χ3v) is 5.78. The van der Waals surface area contributed by atoms with Crippen molar-refractivity contribution in [2.45, 2.75) is 39.0 Å². The minimum absolute atomic E-state index is 0.194. The number of carbonyl (C=O) groups excluding carboxylic acids is 1. The van der Waals surface area contributed by atoms with Gasteiger partial charge < -0.3 is 4.90 Å². The van der Waals surface area contributed by atoms with E-state index in [2.05, 4.69) is 31.2 Å². The molecule has 0 radical (unpaired) electrons. The van der Waals surface area contributed by atoms with E-state index in [9.17, 15) is 4.79 Å². The van der Waals surface area contributed by atoms with Gasteiger partial charge in [-0.15, -0.1) is 11.3 Å². The van der Waals surface area contributed by atoms with Gasteiger partial charge in [0, 0.05) is 17.1 Å². The van der Waals surface area contributed by atoms with E-state index < -0.39 is 0 Å². The molecule has 4 rings (SSSR count). The van der Waals surface area contributed by atoms with Gasteiger partial charge in [-0.3, -0.25) is 4.79 Å². The number of hydrogen-bond donors (Lipinski definition) is 0. The summed E-state index contributed by atoms with van der Waals surface area (Å²) in [5.41, 5.74) is 5.12. The molecule has 0 saturated carbocycles. The number of fused-ring (bicyclic) bond motifs is 2. The van der Waals surface area contributed by atoms with Crippen molar-refractivity contribution in [1.29, 1.82) is 0 Å². The van der Waals surface area contributed by atoms with Crippen LogP contribution in [-0.2, 0) is 19.3 Å². The highest BCUT2D eigenvalue weighted by Crippen LogP contribution is 2.34. The number of hydrogen-bond acceptors (Lipinski definition) is 2. The van der Waals surface area contributed by atoms with Crippen molar-refractivity contribution >= 4 is 22.9 Å². The minimum atomic E-state index is 0.194. The molecule has 0 bridgehead atoms. The lowest BCUT2D eigenvalue weighted by molar-refractivity contribution is 0.0989. The Labute approximate surface area is 129 Å². The summed E-state index contributed by atoms with van der Waals surface area (Å²) in [7, 11) is 0. The van der Waals surface area contributed by atoms with Crippen LogP contribution in [0.15, 0.2) is 24.3 Å². The molecule has 0 unspecified atom stereocenters. The predicted octanol–water partition coefficient (Wildman–Crippen LogP) is 4.14. The van der Waals surface area contributed by atoms with E-state index in [1.54, 1.807) is 11.3 Å². The van der Waals surface area contributed by atoms with E-state index in [4.69, 9.17) is 0 Å². The minimum Gasteiger partial charge on any atom is -0.307 e. The molecule has 1 aromatic heterocycles. The topological polar surface area (TPSA) is 20.3 Å². The smallest absolute Gasteiger partial charge is 0.268 e. The highest BCUT2D eigenvalue weighted by molar-refractivity contribution is 7.14. The van der Waals surface area contributed by atoms with Gasteiger partial charge in [0.05, 0.1) is 4.88 Å². The summed E-state index contributed by atoms with van der Waals surface area (Å²) in [4.78, 5) is 17.2. The summed E-state index contributed by atoms with van der Waals surface area (Å²) in [6, 6.07) is 8.59. The standard InChI is InChI=1S/C18H19NOS/c1-12-7-8-15-13(10-12)5-3-9-19(15)18(20)17-11-14-4-2-6-16(14)21-17/h7-8,10-11H,2-6,9H2,1H3. The molecule has 2 aliphatic rings. The van der Waals surface area contributed by atoms with E-state index in [0.29, 0.717) is 0 Å². The first kappa shape index (κ1) is 13.1. The average Bonchev–Trinajstić information content (AvgIpc) is 3.06. The molecule has 1 aliphatic carbocycles. The summed E-state index contributed by atoms with van der Waals surface area (Å²) in [5, 5.41) is 0. The molecule has 0 spiro atoms. The molecule has 0 atom stereocenters. The summed E-state index contributed by atoms with van der Waals surface area (Å²) in [6.45, 7) is 2.96. The third kappa shape index (κ3) is 2.20. The highest BCUT2D eigenvalue weighted by Gasteiger charge is 2.26. The van der Waals surface area contributed by atoms with Crippen molar-refractivity contribution in [2.75, 3.05) is 11.4 Å². The largest absolute Gasteiger partial charge is 0.307 e. The van der Waals surface area contributed by atoms with Crippen molar-refractivity contribution in [3.63, 3.8) is 0 Å². The molecule has 0 N–H and O–H groups in total. The van der Waals surface area contributed by atoms with Gasteiger partial charge >= 0.3 is 0 Å². The van der Waals surface area contributed by atoms with Crippen molar-refractivity contribution in [3.8, 4) is 0 Å². The maximum atomic E-state index is 12.9. The second-order valence-electron chi connectivity index (χ2n) is 6.11. The molecule has 2 heterocycles. The van der Waals surface area contributed by atoms with Gasteiger partial charge in [0.25, 0.3) is 5.91 Å². The van der Waals surface area contributed by atoms with Crippen LogP contribution < -0.4 is 4.90 Å². The number of benzene rings is 1. The molecule has 1 aromatic carbocycles. The summed E-state index contributed by atoms with van der Waals surface area (Å²) >= 11 is 1.71. The van der Waals surface area contributed by atoms with Crippen LogP contribution in [0.5, 0.6) is 0 Å². The lowest BCUT2D eigenvalue weighted by atomic mass is 9.99. The Morgan fingerprint density at radius 3 is 2.81 bits per heavy atom. The molecule has 3 heteroatoms. The van der Waals surface area contributed by atoms with Crippen LogP contribution in [0.3, 0.4) is 0 Å². The Hall–Kier alpha value is -1.61. The zero-order chi connectivity index (χ0) is 14.4. The van der Waals surface area contributed by atoms with E-state index in [1.165, 1.54) is 28.0 Å². The zero-order valence-electron chi connectivity index (χ0n) is 12.3. The van der Waals surface area contributed by atoms with E-state index in [1.807, 2.05) is 4.90 Å². The van der Waals surface area contributed by atoms with Gasteiger partial charge in [-0.1, -0.05) is 17.7 Å². The fraction of sp³-hybridized carbons (Fsp3) is 0.389.